The minimum Gasteiger partial charge on any atom is -0.497 e. The molecule has 1 aromatic carbocycles. The fraction of sp³-hybridized carbons (Fsp3) is 0.250. The van der Waals surface area contributed by atoms with Crippen LogP contribution in [-0.2, 0) is 11.2 Å². The summed E-state index contributed by atoms with van der Waals surface area (Å²) in [5.74, 6) is 1.57. The molecule has 0 unspecified atom stereocenters. The number of benzene rings is 1. The van der Waals surface area contributed by atoms with Gasteiger partial charge in [0.25, 0.3) is 0 Å². The number of aromatic nitrogens is 3. The van der Waals surface area contributed by atoms with Crippen LogP contribution < -0.4 is 10.1 Å². The van der Waals surface area contributed by atoms with E-state index < -0.39 is 0 Å². The van der Waals surface area contributed by atoms with Gasteiger partial charge in [0.05, 0.1) is 13.5 Å². The van der Waals surface area contributed by atoms with E-state index in [1.165, 1.54) is 0 Å². The Balaban J connectivity index is 1.94. The summed E-state index contributed by atoms with van der Waals surface area (Å²) in [7, 11) is 1.60. The highest BCUT2D eigenvalue weighted by Gasteiger charge is 2.07. The molecule has 1 heterocycles. The normalized spacial score (nSPS) is 10.1. The third-order valence-corrected chi connectivity index (χ3v) is 2.37. The van der Waals surface area contributed by atoms with Gasteiger partial charge in [-0.3, -0.25) is 15.2 Å². The second-order valence-electron chi connectivity index (χ2n) is 3.82. The van der Waals surface area contributed by atoms with Gasteiger partial charge in [0, 0.05) is 0 Å². The third kappa shape index (κ3) is 3.07. The molecule has 2 aromatic rings. The predicted molar refractivity (Wildman–Crippen MR) is 66.4 cm³/mol. The predicted octanol–water partition coefficient (Wildman–Crippen LogP) is 1.30. The highest BCUT2D eigenvalue weighted by Crippen LogP contribution is 2.12. The zero-order chi connectivity index (χ0) is 13.0. The van der Waals surface area contributed by atoms with Crippen molar-refractivity contribution >= 4 is 11.9 Å². The van der Waals surface area contributed by atoms with Crippen LogP contribution in [-0.4, -0.2) is 28.2 Å². The van der Waals surface area contributed by atoms with Gasteiger partial charge >= 0.3 is 0 Å². The maximum atomic E-state index is 11.7. The van der Waals surface area contributed by atoms with Crippen molar-refractivity contribution in [2.75, 3.05) is 12.4 Å². The van der Waals surface area contributed by atoms with Crippen LogP contribution in [0.3, 0.4) is 0 Å². The highest BCUT2D eigenvalue weighted by molar-refractivity contribution is 5.90. The molecule has 2 rings (SSSR count). The molecule has 18 heavy (non-hydrogen) atoms. The maximum Gasteiger partial charge on any atom is 0.248 e. The number of rotatable bonds is 4. The third-order valence-electron chi connectivity index (χ3n) is 2.37. The van der Waals surface area contributed by atoms with Crippen molar-refractivity contribution in [1.82, 2.24) is 15.2 Å². The number of nitrogens with zero attached hydrogens (tertiary/aromatic N) is 2. The Hall–Kier alpha value is -2.37. The second-order valence-corrected chi connectivity index (χ2v) is 3.82. The molecule has 0 aliphatic rings. The quantitative estimate of drug-likeness (QED) is 0.852. The fourth-order valence-electron chi connectivity index (χ4n) is 1.50. The summed E-state index contributed by atoms with van der Waals surface area (Å²) in [6, 6.07) is 7.34. The van der Waals surface area contributed by atoms with Gasteiger partial charge in [0.1, 0.15) is 11.6 Å². The number of carbonyl (C=O) groups excluding carboxylic acids is 1. The zero-order valence-electron chi connectivity index (χ0n) is 10.2. The zero-order valence-corrected chi connectivity index (χ0v) is 10.2. The average molecular weight is 246 g/mol. The van der Waals surface area contributed by atoms with Gasteiger partial charge in [-0.05, 0) is 24.6 Å². The van der Waals surface area contributed by atoms with Crippen LogP contribution in [0.15, 0.2) is 24.3 Å². The first-order valence-corrected chi connectivity index (χ1v) is 5.49. The molecule has 6 nitrogen and oxygen atoms in total. The van der Waals surface area contributed by atoms with Crippen LogP contribution in [0.2, 0.25) is 0 Å². The molecule has 94 valence electrons. The van der Waals surface area contributed by atoms with Crippen molar-refractivity contribution < 1.29 is 9.53 Å². The molecular weight excluding hydrogens is 232 g/mol. The minimum absolute atomic E-state index is 0.154. The Kier molecular flexibility index (Phi) is 3.57. The van der Waals surface area contributed by atoms with Crippen LogP contribution in [0.4, 0.5) is 5.95 Å². The lowest BCUT2D eigenvalue weighted by Crippen LogP contribution is -2.15. The molecule has 0 aliphatic carbocycles. The van der Waals surface area contributed by atoms with Gasteiger partial charge in [0.15, 0.2) is 0 Å². The summed E-state index contributed by atoms with van der Waals surface area (Å²) in [6.07, 6.45) is 0.275. The van der Waals surface area contributed by atoms with E-state index in [0.717, 1.165) is 11.3 Å². The number of aryl methyl sites for hydroxylation is 1. The van der Waals surface area contributed by atoms with Gasteiger partial charge in [-0.1, -0.05) is 12.1 Å². The monoisotopic (exact) mass is 246 g/mol. The molecule has 0 fully saturated rings. The largest absolute Gasteiger partial charge is 0.497 e. The highest BCUT2D eigenvalue weighted by atomic mass is 16.5. The molecule has 0 saturated carbocycles. The molecule has 1 aromatic heterocycles. The minimum atomic E-state index is -0.154. The standard InChI is InChI=1S/C12H14N4O2/c1-8-13-12(16-15-8)14-11(17)7-9-3-5-10(18-2)6-4-9/h3-6H,7H2,1-2H3,(H2,13,14,15,16,17). The Bertz CT molecular complexity index is 533. The van der Waals surface area contributed by atoms with E-state index in [2.05, 4.69) is 20.5 Å². The molecule has 1 amide bonds. The van der Waals surface area contributed by atoms with Crippen molar-refractivity contribution in [1.29, 1.82) is 0 Å². The summed E-state index contributed by atoms with van der Waals surface area (Å²) in [5.41, 5.74) is 0.903. The molecule has 0 radical (unpaired) electrons. The van der Waals surface area contributed by atoms with Gasteiger partial charge in [-0.25, -0.2) is 0 Å². The van der Waals surface area contributed by atoms with E-state index in [1.54, 1.807) is 14.0 Å². The number of hydrogen-bond acceptors (Lipinski definition) is 4. The molecule has 0 bridgehead atoms. The van der Waals surface area contributed by atoms with Gasteiger partial charge in [-0.2, -0.15) is 4.98 Å². The number of amides is 1. The summed E-state index contributed by atoms with van der Waals surface area (Å²) < 4.78 is 5.05. The number of carbonyl (C=O) groups is 1. The van der Waals surface area contributed by atoms with Gasteiger partial charge < -0.3 is 4.74 Å². The maximum absolute atomic E-state index is 11.7. The smallest absolute Gasteiger partial charge is 0.248 e. The summed E-state index contributed by atoms with van der Waals surface area (Å²) in [5, 5.41) is 9.11. The first-order valence-electron chi connectivity index (χ1n) is 5.49. The number of hydrogen-bond donors (Lipinski definition) is 2. The molecule has 0 spiro atoms. The number of ether oxygens (including phenoxy) is 1. The molecule has 0 aliphatic heterocycles. The van der Waals surface area contributed by atoms with E-state index >= 15 is 0 Å². The van der Waals surface area contributed by atoms with Crippen molar-refractivity contribution in [3.8, 4) is 5.75 Å². The summed E-state index contributed by atoms with van der Waals surface area (Å²) >= 11 is 0. The average Bonchev–Trinajstić information content (AvgIpc) is 2.75. The number of nitrogens with one attached hydrogen (secondary N) is 2. The van der Waals surface area contributed by atoms with Crippen molar-refractivity contribution in [3.05, 3.63) is 35.7 Å². The van der Waals surface area contributed by atoms with Gasteiger partial charge in [-0.15, -0.1) is 5.10 Å². The Morgan fingerprint density at radius 2 is 2.11 bits per heavy atom. The van der Waals surface area contributed by atoms with E-state index in [-0.39, 0.29) is 12.3 Å². The topological polar surface area (TPSA) is 79.9 Å². The van der Waals surface area contributed by atoms with E-state index in [1.807, 2.05) is 24.3 Å². The summed E-state index contributed by atoms with van der Waals surface area (Å²) in [6.45, 7) is 1.77. The lowest BCUT2D eigenvalue weighted by molar-refractivity contribution is -0.115. The van der Waals surface area contributed by atoms with Crippen LogP contribution >= 0.6 is 0 Å². The molecule has 6 heteroatoms. The number of anilines is 1. The van der Waals surface area contributed by atoms with Crippen LogP contribution in [0.5, 0.6) is 5.75 Å². The lowest BCUT2D eigenvalue weighted by atomic mass is 10.1. The summed E-state index contributed by atoms with van der Waals surface area (Å²) in [4.78, 5) is 15.7. The molecule has 2 N–H and O–H groups in total. The second kappa shape index (κ2) is 5.31. The lowest BCUT2D eigenvalue weighted by Gasteiger charge is -2.03. The molecule has 0 saturated heterocycles. The number of aromatic amines is 1. The van der Waals surface area contributed by atoms with Crippen molar-refractivity contribution in [2.24, 2.45) is 0 Å². The van der Waals surface area contributed by atoms with E-state index in [9.17, 15) is 4.79 Å². The SMILES string of the molecule is COc1ccc(CC(=O)Nc2n[nH]c(C)n2)cc1. The van der Waals surface area contributed by atoms with Crippen molar-refractivity contribution in [3.63, 3.8) is 0 Å². The fourth-order valence-corrected chi connectivity index (χ4v) is 1.50. The van der Waals surface area contributed by atoms with Crippen LogP contribution in [0.1, 0.15) is 11.4 Å². The van der Waals surface area contributed by atoms with Crippen LogP contribution in [0, 0.1) is 6.92 Å². The van der Waals surface area contributed by atoms with Crippen molar-refractivity contribution in [2.45, 2.75) is 13.3 Å². The first kappa shape index (κ1) is 12.1. The van der Waals surface area contributed by atoms with E-state index in [0.29, 0.717) is 11.8 Å². The Morgan fingerprint density at radius 3 is 2.67 bits per heavy atom. The molecule has 0 atom stereocenters. The van der Waals surface area contributed by atoms with Gasteiger partial charge in [0.2, 0.25) is 11.9 Å². The first-order chi connectivity index (χ1) is 8.67. The number of methoxy groups -OCH3 is 1. The molecular formula is C12H14N4O2. The number of H-pyrrole nitrogens is 1. The van der Waals surface area contributed by atoms with E-state index in [4.69, 9.17) is 4.74 Å². The van der Waals surface area contributed by atoms with Crippen LogP contribution in [0.25, 0.3) is 0 Å². The Labute approximate surface area is 104 Å². The Morgan fingerprint density at radius 1 is 1.39 bits per heavy atom.